The number of thiophene rings is 1. The van der Waals surface area contributed by atoms with Gasteiger partial charge in [0.15, 0.2) is 0 Å². The van der Waals surface area contributed by atoms with Crippen LogP contribution in [0.4, 0.5) is 17.1 Å². The lowest BCUT2D eigenvalue weighted by molar-refractivity contribution is 1.29. The molecule has 2 heteroatoms. The number of nitrogens with zero attached hydrogens (tertiary/aromatic N) is 1. The Balaban J connectivity index is 1.19. The van der Waals surface area contributed by atoms with E-state index in [0.717, 1.165) is 17.1 Å². The van der Waals surface area contributed by atoms with Crippen molar-refractivity contribution in [2.75, 3.05) is 4.90 Å². The van der Waals surface area contributed by atoms with Gasteiger partial charge in [0.1, 0.15) is 0 Å². The van der Waals surface area contributed by atoms with Gasteiger partial charge in [-0.15, -0.1) is 11.3 Å². The number of rotatable bonds is 5. The van der Waals surface area contributed by atoms with Gasteiger partial charge < -0.3 is 4.90 Å². The minimum Gasteiger partial charge on any atom is -0.310 e. The molecule has 0 fully saturated rings. The zero-order valence-electron chi connectivity index (χ0n) is 25.1. The SMILES string of the molecule is c1ccc(-c2ccccc2N(c2ccc(-c3ccc4sc5ccccc5c4c3)cc2)c2ccc3c(ccc4ccccc43)c2)cc1. The fourth-order valence-electron chi connectivity index (χ4n) is 6.81. The van der Waals surface area contributed by atoms with E-state index in [0.29, 0.717) is 0 Å². The van der Waals surface area contributed by atoms with E-state index in [1.807, 2.05) is 11.3 Å². The average molecular weight is 604 g/mol. The molecule has 1 heterocycles. The van der Waals surface area contributed by atoms with Crippen molar-refractivity contribution in [3.63, 3.8) is 0 Å². The zero-order valence-corrected chi connectivity index (χ0v) is 25.9. The maximum absolute atomic E-state index is 2.40. The van der Waals surface area contributed by atoms with Crippen LogP contribution < -0.4 is 4.90 Å². The summed E-state index contributed by atoms with van der Waals surface area (Å²) in [6, 6.07) is 64.0. The van der Waals surface area contributed by atoms with Gasteiger partial charge in [-0.1, -0.05) is 127 Å². The number of benzene rings is 8. The van der Waals surface area contributed by atoms with Gasteiger partial charge in [-0.05, 0) is 86.8 Å². The smallest absolute Gasteiger partial charge is 0.0540 e. The van der Waals surface area contributed by atoms with E-state index in [9.17, 15) is 0 Å². The molecular formula is C44H29NS. The molecule has 1 nitrogen and oxygen atoms in total. The summed E-state index contributed by atoms with van der Waals surface area (Å²) in [5.74, 6) is 0. The van der Waals surface area contributed by atoms with E-state index < -0.39 is 0 Å². The highest BCUT2D eigenvalue weighted by Gasteiger charge is 2.18. The van der Waals surface area contributed by atoms with E-state index >= 15 is 0 Å². The monoisotopic (exact) mass is 603 g/mol. The molecule has 1 aromatic heterocycles. The van der Waals surface area contributed by atoms with Gasteiger partial charge in [0.05, 0.1) is 5.69 Å². The summed E-state index contributed by atoms with van der Waals surface area (Å²) < 4.78 is 2.66. The lowest BCUT2D eigenvalue weighted by Crippen LogP contribution is -2.11. The molecule has 9 rings (SSSR count). The molecule has 8 aromatic carbocycles. The average Bonchev–Trinajstić information content (AvgIpc) is 3.50. The minimum absolute atomic E-state index is 1.12. The Bertz CT molecular complexity index is 2530. The molecular weight excluding hydrogens is 575 g/mol. The molecule has 0 N–H and O–H groups in total. The summed E-state index contributed by atoms with van der Waals surface area (Å²) in [7, 11) is 0. The van der Waals surface area contributed by atoms with Crippen LogP contribution in [0, 0.1) is 0 Å². The Morgan fingerprint density at radius 1 is 0.348 bits per heavy atom. The van der Waals surface area contributed by atoms with Gasteiger partial charge in [0.2, 0.25) is 0 Å². The maximum Gasteiger partial charge on any atom is 0.0540 e. The van der Waals surface area contributed by atoms with Crippen molar-refractivity contribution in [3.05, 3.63) is 176 Å². The Morgan fingerprint density at radius 3 is 1.89 bits per heavy atom. The Hall–Kier alpha value is -5.70. The predicted octanol–water partition coefficient (Wildman–Crippen LogP) is 13.2. The van der Waals surface area contributed by atoms with Crippen LogP contribution in [0.3, 0.4) is 0 Å². The van der Waals surface area contributed by atoms with Gasteiger partial charge in [0, 0.05) is 37.1 Å². The normalized spacial score (nSPS) is 11.5. The molecule has 0 saturated heterocycles. The minimum atomic E-state index is 1.12. The third kappa shape index (κ3) is 4.54. The summed E-state index contributed by atoms with van der Waals surface area (Å²) in [6.45, 7) is 0. The van der Waals surface area contributed by atoms with E-state index in [4.69, 9.17) is 0 Å². The summed E-state index contributed by atoms with van der Waals surface area (Å²) >= 11 is 1.86. The second-order valence-electron chi connectivity index (χ2n) is 11.8. The molecule has 0 atom stereocenters. The largest absolute Gasteiger partial charge is 0.310 e. The molecule has 0 bridgehead atoms. The van der Waals surface area contributed by atoms with Gasteiger partial charge in [0.25, 0.3) is 0 Å². The number of hydrogen-bond donors (Lipinski definition) is 0. The summed E-state index contributed by atoms with van der Waals surface area (Å²) in [6.07, 6.45) is 0. The van der Waals surface area contributed by atoms with Crippen molar-refractivity contribution in [3.8, 4) is 22.3 Å². The van der Waals surface area contributed by atoms with Crippen LogP contribution in [0.1, 0.15) is 0 Å². The number of para-hydroxylation sites is 1. The van der Waals surface area contributed by atoms with Crippen LogP contribution in [-0.4, -0.2) is 0 Å². The summed E-state index contributed by atoms with van der Waals surface area (Å²) in [4.78, 5) is 2.40. The van der Waals surface area contributed by atoms with Crippen molar-refractivity contribution in [1.29, 1.82) is 0 Å². The van der Waals surface area contributed by atoms with Gasteiger partial charge in [-0.2, -0.15) is 0 Å². The first-order chi connectivity index (χ1) is 22.8. The molecule has 9 aromatic rings. The summed E-state index contributed by atoms with van der Waals surface area (Å²) in [5, 5.41) is 7.69. The van der Waals surface area contributed by atoms with E-state index in [1.165, 1.54) is 64.0 Å². The van der Waals surface area contributed by atoms with Gasteiger partial charge in [-0.3, -0.25) is 0 Å². The molecule has 216 valence electrons. The molecule has 0 saturated carbocycles. The summed E-state index contributed by atoms with van der Waals surface area (Å²) in [5.41, 5.74) is 8.23. The second kappa shape index (κ2) is 11.0. The molecule has 0 spiro atoms. The second-order valence-corrected chi connectivity index (χ2v) is 12.9. The first-order valence-corrected chi connectivity index (χ1v) is 16.5. The van der Waals surface area contributed by atoms with E-state index in [2.05, 4.69) is 181 Å². The van der Waals surface area contributed by atoms with Crippen LogP contribution in [-0.2, 0) is 0 Å². The standard InChI is InChI=1S/C44H29NS/c1-2-10-31(11-3-1)39-14-6-8-16-42(39)45(36-25-26-38-34(28-36)19-18-32-12-4-5-13-37(32)38)35-23-20-30(21-24-35)33-22-27-44-41(29-33)40-15-7-9-17-43(40)46-44/h1-29H. The van der Waals surface area contributed by atoms with Crippen LogP contribution in [0.5, 0.6) is 0 Å². The predicted molar refractivity (Wildman–Crippen MR) is 200 cm³/mol. The third-order valence-electron chi connectivity index (χ3n) is 9.05. The fraction of sp³-hybridized carbons (Fsp3) is 0. The highest BCUT2D eigenvalue weighted by atomic mass is 32.1. The molecule has 0 aliphatic rings. The first kappa shape index (κ1) is 26.7. The lowest BCUT2D eigenvalue weighted by atomic mass is 9.99. The van der Waals surface area contributed by atoms with Crippen molar-refractivity contribution in [2.24, 2.45) is 0 Å². The highest BCUT2D eigenvalue weighted by molar-refractivity contribution is 7.25. The zero-order chi connectivity index (χ0) is 30.5. The van der Waals surface area contributed by atoms with Crippen LogP contribution in [0.2, 0.25) is 0 Å². The Morgan fingerprint density at radius 2 is 1.00 bits per heavy atom. The third-order valence-corrected chi connectivity index (χ3v) is 10.2. The molecule has 0 radical (unpaired) electrons. The van der Waals surface area contributed by atoms with Gasteiger partial charge in [-0.25, -0.2) is 0 Å². The Kier molecular flexibility index (Phi) is 6.40. The quantitative estimate of drug-likeness (QED) is 0.177. The van der Waals surface area contributed by atoms with E-state index in [1.54, 1.807) is 0 Å². The molecule has 0 unspecified atom stereocenters. The van der Waals surface area contributed by atoms with E-state index in [-0.39, 0.29) is 0 Å². The number of hydrogen-bond acceptors (Lipinski definition) is 2. The van der Waals surface area contributed by atoms with Crippen molar-refractivity contribution in [2.45, 2.75) is 0 Å². The molecule has 46 heavy (non-hydrogen) atoms. The van der Waals surface area contributed by atoms with Crippen molar-refractivity contribution >= 4 is 70.1 Å². The van der Waals surface area contributed by atoms with Crippen molar-refractivity contribution < 1.29 is 0 Å². The first-order valence-electron chi connectivity index (χ1n) is 15.7. The maximum atomic E-state index is 2.40. The number of fused-ring (bicyclic) bond motifs is 6. The van der Waals surface area contributed by atoms with Crippen LogP contribution in [0.25, 0.3) is 64.0 Å². The fourth-order valence-corrected chi connectivity index (χ4v) is 7.89. The molecule has 0 amide bonds. The molecule has 0 aliphatic heterocycles. The van der Waals surface area contributed by atoms with Crippen molar-refractivity contribution in [1.82, 2.24) is 0 Å². The highest BCUT2D eigenvalue weighted by Crippen LogP contribution is 2.43. The molecule has 0 aliphatic carbocycles. The number of anilines is 3. The Labute approximate surface area is 272 Å². The lowest BCUT2D eigenvalue weighted by Gasteiger charge is -2.28. The van der Waals surface area contributed by atoms with Gasteiger partial charge >= 0.3 is 0 Å². The van der Waals surface area contributed by atoms with Crippen LogP contribution in [0.15, 0.2) is 176 Å². The van der Waals surface area contributed by atoms with Crippen LogP contribution >= 0.6 is 11.3 Å². The topological polar surface area (TPSA) is 3.24 Å².